The number of nitrogens with zero attached hydrogens (tertiary/aromatic N) is 2. The van der Waals surface area contributed by atoms with E-state index >= 15 is 0 Å². The van der Waals surface area contributed by atoms with Crippen molar-refractivity contribution in [3.63, 3.8) is 0 Å². The third-order valence-corrected chi connectivity index (χ3v) is 9.35. The average Bonchev–Trinajstić information content (AvgIpc) is 3.02. The van der Waals surface area contributed by atoms with Crippen LogP contribution in [0.15, 0.2) is 47.1 Å². The van der Waals surface area contributed by atoms with E-state index < -0.39 is 8.32 Å². The Morgan fingerprint density at radius 3 is 2.62 bits per heavy atom. The molecule has 0 saturated heterocycles. The van der Waals surface area contributed by atoms with Gasteiger partial charge in [-0.1, -0.05) is 38.8 Å². The summed E-state index contributed by atoms with van der Waals surface area (Å²) in [5.41, 5.74) is 3.42. The van der Waals surface area contributed by atoms with Crippen molar-refractivity contribution in [2.45, 2.75) is 45.5 Å². The molecule has 2 aromatic heterocycles. The minimum Gasteiger partial charge on any atom is -0.430 e. The van der Waals surface area contributed by atoms with E-state index in [1.54, 1.807) is 12.4 Å². The highest BCUT2D eigenvalue weighted by Gasteiger charge is 2.37. The minimum atomic E-state index is -1.82. The van der Waals surface area contributed by atoms with Crippen LogP contribution in [0.3, 0.4) is 0 Å². The highest BCUT2D eigenvalue weighted by molar-refractivity contribution is 6.74. The largest absolute Gasteiger partial charge is 0.430 e. The summed E-state index contributed by atoms with van der Waals surface area (Å²) < 4.78 is 12.1. The van der Waals surface area contributed by atoms with Crippen molar-refractivity contribution in [2.24, 2.45) is 0 Å². The van der Waals surface area contributed by atoms with Crippen molar-refractivity contribution in [3.8, 4) is 11.8 Å². The molecule has 0 aliphatic rings. The smallest absolute Gasteiger partial charge is 0.274 e. The number of hydrogen-bond acceptors (Lipinski definition) is 4. The molecule has 0 unspecified atom stereocenters. The Morgan fingerprint density at radius 2 is 1.92 bits per heavy atom. The number of oxazole rings is 1. The van der Waals surface area contributed by atoms with Crippen molar-refractivity contribution in [3.05, 3.63) is 59.7 Å². The summed E-state index contributed by atoms with van der Waals surface area (Å²) in [6.07, 6.45) is 3.44. The Labute approximate surface area is 155 Å². The number of pyridine rings is 1. The number of benzene rings is 1. The molecule has 0 amide bonds. The van der Waals surface area contributed by atoms with Crippen LogP contribution in [0.1, 0.15) is 37.8 Å². The standard InChI is InChI=1S/C21H24N2O2Si/c1-21(2,3)26(4,5)24-15-17-9-6-10-18-20(17)23-19(25-18)12-11-16-8-7-13-22-14-16/h6-10,13-14H,15H2,1-5H3. The van der Waals surface area contributed by atoms with Gasteiger partial charge in [-0.15, -0.1) is 0 Å². The summed E-state index contributed by atoms with van der Waals surface area (Å²) in [7, 11) is -1.82. The van der Waals surface area contributed by atoms with Crippen LogP contribution < -0.4 is 0 Å². The second kappa shape index (κ2) is 7.06. The zero-order chi connectivity index (χ0) is 18.8. The summed E-state index contributed by atoms with van der Waals surface area (Å²) >= 11 is 0. The van der Waals surface area contributed by atoms with E-state index in [0.29, 0.717) is 12.5 Å². The third-order valence-electron chi connectivity index (χ3n) is 4.87. The number of para-hydroxylation sites is 1. The van der Waals surface area contributed by atoms with E-state index in [9.17, 15) is 0 Å². The first-order valence-corrected chi connectivity index (χ1v) is 11.6. The lowest BCUT2D eigenvalue weighted by atomic mass is 10.2. The molecular weight excluding hydrogens is 340 g/mol. The molecule has 26 heavy (non-hydrogen) atoms. The fourth-order valence-corrected chi connectivity index (χ4v) is 3.16. The van der Waals surface area contributed by atoms with Crippen LogP contribution in [0.25, 0.3) is 11.1 Å². The molecule has 134 valence electrons. The molecule has 0 bridgehead atoms. The highest BCUT2D eigenvalue weighted by atomic mass is 28.4. The van der Waals surface area contributed by atoms with Crippen LogP contribution in [0.4, 0.5) is 0 Å². The molecular formula is C21H24N2O2Si. The van der Waals surface area contributed by atoms with Crippen LogP contribution in [0.2, 0.25) is 18.1 Å². The lowest BCUT2D eigenvalue weighted by Crippen LogP contribution is -2.40. The van der Waals surface area contributed by atoms with Gasteiger partial charge >= 0.3 is 0 Å². The molecule has 0 radical (unpaired) electrons. The van der Waals surface area contributed by atoms with Crippen LogP contribution in [0, 0.1) is 11.8 Å². The Kier molecular flexibility index (Phi) is 4.99. The zero-order valence-electron chi connectivity index (χ0n) is 16.0. The SMILES string of the molecule is CC(C)(C)[Si](C)(C)OCc1cccc2oc(C#Cc3cccnc3)nc12. The average molecular weight is 365 g/mol. The van der Waals surface area contributed by atoms with E-state index in [1.807, 2.05) is 30.3 Å². The van der Waals surface area contributed by atoms with Gasteiger partial charge in [-0.25, -0.2) is 4.98 Å². The van der Waals surface area contributed by atoms with Gasteiger partial charge in [0.05, 0.1) is 6.61 Å². The van der Waals surface area contributed by atoms with Gasteiger partial charge in [-0.05, 0) is 42.3 Å². The normalized spacial score (nSPS) is 12.0. The summed E-state index contributed by atoms with van der Waals surface area (Å²) in [6.45, 7) is 11.8. The summed E-state index contributed by atoms with van der Waals surface area (Å²) in [5, 5.41) is 0.172. The molecule has 0 saturated carbocycles. The number of rotatable bonds is 3. The first-order valence-electron chi connectivity index (χ1n) is 8.71. The first kappa shape index (κ1) is 18.4. The Morgan fingerprint density at radius 1 is 1.12 bits per heavy atom. The molecule has 0 aliphatic heterocycles. The van der Waals surface area contributed by atoms with E-state index in [-0.39, 0.29) is 5.04 Å². The molecule has 0 fully saturated rings. The van der Waals surface area contributed by atoms with Gasteiger partial charge in [0.15, 0.2) is 13.9 Å². The number of aromatic nitrogens is 2. The van der Waals surface area contributed by atoms with E-state index in [4.69, 9.17) is 8.84 Å². The monoisotopic (exact) mass is 364 g/mol. The predicted octanol–water partition coefficient (Wildman–Crippen LogP) is 5.14. The number of fused-ring (bicyclic) bond motifs is 1. The van der Waals surface area contributed by atoms with Gasteiger partial charge in [0.2, 0.25) is 0 Å². The summed E-state index contributed by atoms with van der Waals surface area (Å²) in [6, 6.07) is 9.67. The van der Waals surface area contributed by atoms with Gasteiger partial charge < -0.3 is 8.84 Å². The second-order valence-electron chi connectivity index (χ2n) is 7.82. The Hall–Kier alpha value is -2.42. The molecule has 1 aromatic carbocycles. The molecule has 0 atom stereocenters. The molecule has 3 aromatic rings. The van der Waals surface area contributed by atoms with Gasteiger partial charge in [-0.2, -0.15) is 0 Å². The molecule has 3 rings (SSSR count). The molecule has 0 aliphatic carbocycles. The fourth-order valence-electron chi connectivity index (χ4n) is 2.21. The summed E-state index contributed by atoms with van der Waals surface area (Å²) in [5.74, 6) is 6.40. The highest BCUT2D eigenvalue weighted by Crippen LogP contribution is 2.37. The summed E-state index contributed by atoms with van der Waals surface area (Å²) in [4.78, 5) is 8.62. The molecule has 2 heterocycles. The fraction of sp³-hybridized carbons (Fsp3) is 0.333. The van der Waals surface area contributed by atoms with Crippen molar-refractivity contribution in [1.82, 2.24) is 9.97 Å². The predicted molar refractivity (Wildman–Crippen MR) is 106 cm³/mol. The Balaban J connectivity index is 1.85. The van der Waals surface area contributed by atoms with Gasteiger partial charge in [0.25, 0.3) is 5.89 Å². The maximum Gasteiger partial charge on any atom is 0.274 e. The lowest BCUT2D eigenvalue weighted by molar-refractivity contribution is 0.277. The molecule has 0 spiro atoms. The van der Waals surface area contributed by atoms with E-state index in [1.165, 1.54) is 0 Å². The van der Waals surface area contributed by atoms with Crippen molar-refractivity contribution in [1.29, 1.82) is 0 Å². The Bertz CT molecular complexity index is 960. The first-order chi connectivity index (χ1) is 12.3. The van der Waals surface area contributed by atoms with Crippen molar-refractivity contribution in [2.75, 3.05) is 0 Å². The number of hydrogen-bond donors (Lipinski definition) is 0. The van der Waals surface area contributed by atoms with Crippen molar-refractivity contribution >= 4 is 19.4 Å². The minimum absolute atomic E-state index is 0.172. The molecule has 0 N–H and O–H groups in total. The van der Waals surface area contributed by atoms with Crippen LogP contribution in [-0.4, -0.2) is 18.3 Å². The maximum absolute atomic E-state index is 6.34. The third kappa shape index (κ3) is 4.04. The van der Waals surface area contributed by atoms with Gasteiger partial charge in [0, 0.05) is 23.5 Å². The van der Waals surface area contributed by atoms with E-state index in [0.717, 1.165) is 22.2 Å². The van der Waals surface area contributed by atoms with Crippen molar-refractivity contribution < 1.29 is 8.84 Å². The van der Waals surface area contributed by atoms with Gasteiger partial charge in [0.1, 0.15) is 5.52 Å². The second-order valence-corrected chi connectivity index (χ2v) is 12.6. The van der Waals surface area contributed by atoms with Gasteiger partial charge in [-0.3, -0.25) is 4.98 Å². The van der Waals surface area contributed by atoms with Crippen LogP contribution in [-0.2, 0) is 11.0 Å². The quantitative estimate of drug-likeness (QED) is 0.477. The van der Waals surface area contributed by atoms with E-state index in [2.05, 4.69) is 55.7 Å². The van der Waals surface area contributed by atoms with Crippen LogP contribution in [0.5, 0.6) is 0 Å². The lowest BCUT2D eigenvalue weighted by Gasteiger charge is -2.36. The zero-order valence-corrected chi connectivity index (χ0v) is 17.0. The topological polar surface area (TPSA) is 48.2 Å². The maximum atomic E-state index is 6.34. The van der Waals surface area contributed by atoms with Crippen LogP contribution >= 0.6 is 0 Å². The molecule has 5 heteroatoms. The molecule has 4 nitrogen and oxygen atoms in total.